The zero-order valence-electron chi connectivity index (χ0n) is 16.5. The molecule has 0 bridgehead atoms. The van der Waals surface area contributed by atoms with Crippen molar-refractivity contribution in [3.8, 4) is 11.5 Å². The van der Waals surface area contributed by atoms with E-state index >= 15 is 0 Å². The summed E-state index contributed by atoms with van der Waals surface area (Å²) in [7, 11) is -2.10. The minimum Gasteiger partial charge on any atom is -0.497 e. The Hall–Kier alpha value is -2.74. The number of rotatable bonds is 9. The molecule has 0 fully saturated rings. The third-order valence-electron chi connectivity index (χ3n) is 4.12. The highest BCUT2D eigenvalue weighted by molar-refractivity contribution is 7.92. The lowest BCUT2D eigenvalue weighted by molar-refractivity contribution is -0.120. The Bertz CT molecular complexity index is 880. The number of nitrogens with one attached hydrogen (secondary N) is 1. The average molecular weight is 407 g/mol. The van der Waals surface area contributed by atoms with Crippen molar-refractivity contribution in [1.29, 1.82) is 0 Å². The molecule has 0 spiro atoms. The lowest BCUT2D eigenvalue weighted by atomic mass is 10.1. The normalized spacial score (nSPS) is 12.1. The Labute approximate surface area is 166 Å². The number of carbonyl (C=O) groups is 1. The number of carbonyl (C=O) groups excluding carboxylic acids is 1. The van der Waals surface area contributed by atoms with Gasteiger partial charge in [0.25, 0.3) is 0 Å². The summed E-state index contributed by atoms with van der Waals surface area (Å²) in [4.78, 5) is 12.5. The Morgan fingerprint density at radius 1 is 1.07 bits per heavy atom. The molecule has 1 N–H and O–H groups in total. The molecule has 0 aliphatic heterocycles. The van der Waals surface area contributed by atoms with Gasteiger partial charge in [-0.15, -0.1) is 0 Å². The van der Waals surface area contributed by atoms with Crippen LogP contribution in [0.25, 0.3) is 0 Å². The summed E-state index contributed by atoms with van der Waals surface area (Å²) in [6.07, 6.45) is 1.07. The van der Waals surface area contributed by atoms with E-state index in [1.807, 2.05) is 38.1 Å². The minimum absolute atomic E-state index is 0.277. The van der Waals surface area contributed by atoms with Crippen LogP contribution in [0, 0.1) is 0 Å². The van der Waals surface area contributed by atoms with Gasteiger partial charge in [0.1, 0.15) is 18.0 Å². The molecule has 0 aliphatic rings. The number of hydrogen-bond donors (Lipinski definition) is 1. The van der Waals surface area contributed by atoms with Crippen molar-refractivity contribution in [2.75, 3.05) is 30.8 Å². The topological polar surface area (TPSA) is 84.9 Å². The number of ether oxygens (including phenoxy) is 2. The van der Waals surface area contributed by atoms with Gasteiger partial charge in [-0.05, 0) is 55.8 Å². The number of benzene rings is 2. The van der Waals surface area contributed by atoms with Crippen molar-refractivity contribution >= 4 is 21.6 Å². The van der Waals surface area contributed by atoms with Gasteiger partial charge in [0.2, 0.25) is 15.9 Å². The molecular weight excluding hydrogens is 380 g/mol. The van der Waals surface area contributed by atoms with Crippen molar-refractivity contribution in [1.82, 2.24) is 5.32 Å². The number of anilines is 1. The molecule has 0 saturated heterocycles. The first-order valence-electron chi connectivity index (χ1n) is 8.88. The molecule has 2 rings (SSSR count). The zero-order chi connectivity index (χ0) is 20.7. The summed E-state index contributed by atoms with van der Waals surface area (Å²) in [6, 6.07) is 13.6. The quantitative estimate of drug-likeness (QED) is 0.692. The van der Waals surface area contributed by atoms with Crippen LogP contribution in [0.5, 0.6) is 11.5 Å². The standard InChI is InChI=1S/C20H26N2O5S/c1-5-27-19-10-6-16(7-11-19)15(2)21-20(23)14-22(28(4,24)25)17-8-12-18(26-3)13-9-17/h6-13,15H,5,14H2,1-4H3,(H,21,23)/t15-/m1/s1. The molecule has 2 aromatic carbocycles. The van der Waals surface area contributed by atoms with Gasteiger partial charge >= 0.3 is 0 Å². The Morgan fingerprint density at radius 3 is 2.14 bits per heavy atom. The van der Waals surface area contributed by atoms with Crippen LogP contribution in [-0.4, -0.2) is 40.8 Å². The molecule has 28 heavy (non-hydrogen) atoms. The van der Waals surface area contributed by atoms with E-state index in [1.165, 1.54) is 7.11 Å². The van der Waals surface area contributed by atoms with E-state index in [-0.39, 0.29) is 12.6 Å². The highest BCUT2D eigenvalue weighted by Crippen LogP contribution is 2.22. The van der Waals surface area contributed by atoms with E-state index in [0.717, 1.165) is 21.9 Å². The lowest BCUT2D eigenvalue weighted by Crippen LogP contribution is -2.41. The van der Waals surface area contributed by atoms with E-state index in [2.05, 4.69) is 5.32 Å². The number of hydrogen-bond acceptors (Lipinski definition) is 5. The SMILES string of the molecule is CCOc1ccc([C@@H](C)NC(=O)CN(c2ccc(OC)cc2)S(C)(=O)=O)cc1. The first kappa shape index (κ1) is 21.6. The summed E-state index contributed by atoms with van der Waals surface area (Å²) >= 11 is 0. The third kappa shape index (κ3) is 5.88. The van der Waals surface area contributed by atoms with Crippen LogP contribution in [0.2, 0.25) is 0 Å². The maximum atomic E-state index is 12.5. The van der Waals surface area contributed by atoms with Crippen LogP contribution in [0.4, 0.5) is 5.69 Å². The first-order valence-corrected chi connectivity index (χ1v) is 10.7. The molecule has 152 valence electrons. The molecule has 0 saturated carbocycles. The average Bonchev–Trinajstić information content (AvgIpc) is 2.66. The van der Waals surface area contributed by atoms with Crippen molar-refractivity contribution < 1.29 is 22.7 Å². The van der Waals surface area contributed by atoms with Crippen LogP contribution >= 0.6 is 0 Å². The summed E-state index contributed by atoms with van der Waals surface area (Å²) in [6.45, 7) is 4.02. The predicted octanol–water partition coefficient (Wildman–Crippen LogP) is 2.74. The predicted molar refractivity (Wildman–Crippen MR) is 109 cm³/mol. The van der Waals surface area contributed by atoms with Crippen molar-refractivity contribution in [3.05, 3.63) is 54.1 Å². The van der Waals surface area contributed by atoms with E-state index in [9.17, 15) is 13.2 Å². The molecule has 8 heteroatoms. The molecule has 0 heterocycles. The molecule has 0 radical (unpaired) electrons. The number of amides is 1. The second-order valence-electron chi connectivity index (χ2n) is 6.26. The molecule has 1 atom stereocenters. The number of methoxy groups -OCH3 is 1. The van der Waals surface area contributed by atoms with E-state index in [1.54, 1.807) is 24.3 Å². The van der Waals surface area contributed by atoms with E-state index in [0.29, 0.717) is 18.0 Å². The maximum Gasteiger partial charge on any atom is 0.241 e. The monoisotopic (exact) mass is 406 g/mol. The van der Waals surface area contributed by atoms with Crippen LogP contribution < -0.4 is 19.1 Å². The van der Waals surface area contributed by atoms with Crippen LogP contribution in [0.3, 0.4) is 0 Å². The second-order valence-corrected chi connectivity index (χ2v) is 8.17. The lowest BCUT2D eigenvalue weighted by Gasteiger charge is -2.23. The highest BCUT2D eigenvalue weighted by atomic mass is 32.2. The summed E-state index contributed by atoms with van der Waals surface area (Å²) < 4.78 is 35.9. The molecule has 0 aliphatic carbocycles. The maximum absolute atomic E-state index is 12.5. The van der Waals surface area contributed by atoms with Crippen LogP contribution in [0.15, 0.2) is 48.5 Å². The van der Waals surface area contributed by atoms with Gasteiger partial charge < -0.3 is 14.8 Å². The van der Waals surface area contributed by atoms with Gasteiger partial charge in [0, 0.05) is 0 Å². The summed E-state index contributed by atoms with van der Waals surface area (Å²) in [5.74, 6) is 0.959. The number of sulfonamides is 1. The Kier molecular flexibility index (Phi) is 7.28. The fraction of sp³-hybridized carbons (Fsp3) is 0.350. The third-order valence-corrected chi connectivity index (χ3v) is 5.26. The van der Waals surface area contributed by atoms with Gasteiger partial charge in [-0.3, -0.25) is 9.10 Å². The minimum atomic E-state index is -3.63. The Balaban J connectivity index is 2.08. The van der Waals surface area contributed by atoms with E-state index < -0.39 is 15.9 Å². The number of nitrogens with zero attached hydrogens (tertiary/aromatic N) is 1. The Morgan fingerprint density at radius 2 is 1.64 bits per heavy atom. The van der Waals surface area contributed by atoms with Crippen LogP contribution in [-0.2, 0) is 14.8 Å². The van der Waals surface area contributed by atoms with Crippen molar-refractivity contribution in [2.24, 2.45) is 0 Å². The van der Waals surface area contributed by atoms with Gasteiger partial charge in [-0.2, -0.15) is 0 Å². The second kappa shape index (κ2) is 9.45. The fourth-order valence-corrected chi connectivity index (χ4v) is 3.53. The van der Waals surface area contributed by atoms with E-state index in [4.69, 9.17) is 9.47 Å². The molecular formula is C20H26N2O5S. The summed E-state index contributed by atoms with van der Waals surface area (Å²) in [5.41, 5.74) is 1.29. The first-order chi connectivity index (χ1) is 13.2. The molecule has 0 unspecified atom stereocenters. The van der Waals surface area contributed by atoms with Crippen molar-refractivity contribution in [3.63, 3.8) is 0 Å². The largest absolute Gasteiger partial charge is 0.497 e. The fourth-order valence-electron chi connectivity index (χ4n) is 2.67. The van der Waals surface area contributed by atoms with Gasteiger partial charge in [-0.1, -0.05) is 12.1 Å². The molecule has 0 aromatic heterocycles. The zero-order valence-corrected chi connectivity index (χ0v) is 17.3. The molecule has 1 amide bonds. The van der Waals surface area contributed by atoms with Crippen LogP contribution in [0.1, 0.15) is 25.5 Å². The van der Waals surface area contributed by atoms with Gasteiger partial charge in [-0.25, -0.2) is 8.42 Å². The van der Waals surface area contributed by atoms with Gasteiger partial charge in [0.15, 0.2) is 0 Å². The van der Waals surface area contributed by atoms with Gasteiger partial charge in [0.05, 0.1) is 31.7 Å². The highest BCUT2D eigenvalue weighted by Gasteiger charge is 2.22. The molecule has 7 nitrogen and oxygen atoms in total. The molecule has 2 aromatic rings. The smallest absolute Gasteiger partial charge is 0.241 e. The van der Waals surface area contributed by atoms with Crippen molar-refractivity contribution in [2.45, 2.75) is 19.9 Å². The summed E-state index contributed by atoms with van der Waals surface area (Å²) in [5, 5.41) is 2.83.